The molecule has 21 heavy (non-hydrogen) atoms. The third-order valence-corrected chi connectivity index (χ3v) is 6.37. The molecule has 1 saturated carbocycles. The second-order valence-corrected chi connectivity index (χ2v) is 7.54. The van der Waals surface area contributed by atoms with Crippen molar-refractivity contribution in [3.8, 4) is 0 Å². The summed E-state index contributed by atoms with van der Waals surface area (Å²) in [6.45, 7) is 4.36. The highest BCUT2D eigenvalue weighted by Gasteiger charge is 2.40. The molecule has 1 fully saturated rings. The Morgan fingerprint density at radius 2 is 2.19 bits per heavy atom. The zero-order chi connectivity index (χ0) is 15.6. The lowest BCUT2D eigenvalue weighted by molar-refractivity contribution is 0.164. The Bertz CT molecular complexity index is 583. The molecule has 0 saturated heterocycles. The molecule has 8 heteroatoms. The van der Waals surface area contributed by atoms with E-state index >= 15 is 0 Å². The lowest BCUT2D eigenvalue weighted by Gasteiger charge is -2.28. The minimum Gasteiger partial charge on any atom is -0.383 e. The number of hydrogen-bond donors (Lipinski definition) is 1. The monoisotopic (exact) mass is 335 g/mol. The molecule has 2 rings (SSSR count). The average molecular weight is 336 g/mol. The number of aromatic amines is 1. The molecule has 0 bridgehead atoms. The van der Waals surface area contributed by atoms with Gasteiger partial charge in [0.15, 0.2) is 0 Å². The molecule has 0 aliphatic heterocycles. The summed E-state index contributed by atoms with van der Waals surface area (Å²) in [4.78, 5) is 0.209. The first-order valence-corrected chi connectivity index (χ1v) is 9.01. The zero-order valence-electron chi connectivity index (χ0n) is 12.6. The summed E-state index contributed by atoms with van der Waals surface area (Å²) in [5.41, 5.74) is 0.899. The first-order chi connectivity index (χ1) is 9.93. The number of aryl methyl sites for hydroxylation is 1. The largest absolute Gasteiger partial charge is 0.383 e. The number of hydrogen-bond acceptors (Lipinski definition) is 4. The molecule has 0 amide bonds. The Hall–Kier alpha value is -0.630. The molecule has 1 aromatic rings. The van der Waals surface area contributed by atoms with Crippen LogP contribution in [0.4, 0.5) is 0 Å². The Morgan fingerprint density at radius 3 is 2.71 bits per heavy atom. The number of aromatic nitrogens is 2. The number of nitrogens with one attached hydrogen (secondary N) is 1. The summed E-state index contributed by atoms with van der Waals surface area (Å²) in [6.07, 6.45) is 2.15. The number of methoxy groups -OCH3 is 1. The van der Waals surface area contributed by atoms with Crippen LogP contribution in [0.25, 0.3) is 0 Å². The molecule has 0 spiro atoms. The van der Waals surface area contributed by atoms with Crippen LogP contribution in [-0.2, 0) is 20.6 Å². The van der Waals surface area contributed by atoms with Gasteiger partial charge in [0.2, 0.25) is 10.0 Å². The average Bonchev–Trinajstić information content (AvgIpc) is 3.21. The highest BCUT2D eigenvalue weighted by molar-refractivity contribution is 7.89. The van der Waals surface area contributed by atoms with Crippen molar-refractivity contribution in [3.05, 3.63) is 11.4 Å². The molecule has 0 radical (unpaired) electrons. The predicted octanol–water partition coefficient (Wildman–Crippen LogP) is 1.89. The molecule has 1 unspecified atom stereocenters. The van der Waals surface area contributed by atoms with Crippen molar-refractivity contribution in [2.45, 2.75) is 43.5 Å². The second kappa shape index (κ2) is 6.64. The number of sulfonamides is 1. The molecule has 1 heterocycles. The number of nitrogens with zero attached hydrogens (tertiary/aromatic N) is 2. The van der Waals surface area contributed by atoms with Crippen molar-refractivity contribution in [1.82, 2.24) is 14.5 Å². The SMILES string of the molecule is COCCN(C(C)C1CC1)S(=O)(=O)c1c(CCl)n[nH]c1C. The van der Waals surface area contributed by atoms with E-state index in [-0.39, 0.29) is 16.8 Å². The zero-order valence-corrected chi connectivity index (χ0v) is 14.2. The van der Waals surface area contributed by atoms with Crippen LogP contribution in [0.15, 0.2) is 4.90 Å². The Labute approximate surface area is 130 Å². The topological polar surface area (TPSA) is 75.3 Å². The summed E-state index contributed by atoms with van der Waals surface area (Å²) in [5.74, 6) is 0.498. The van der Waals surface area contributed by atoms with E-state index in [0.29, 0.717) is 30.5 Å². The standard InChI is InChI=1S/C13H22ClN3O3S/c1-9-13(12(8-14)16-15-9)21(18,19)17(6-7-20-3)10(2)11-4-5-11/h10-11H,4-8H2,1-3H3,(H,15,16). The van der Waals surface area contributed by atoms with Gasteiger partial charge >= 0.3 is 0 Å². The van der Waals surface area contributed by atoms with Crippen LogP contribution in [0.3, 0.4) is 0 Å². The van der Waals surface area contributed by atoms with Crippen molar-refractivity contribution in [2.75, 3.05) is 20.3 Å². The van der Waals surface area contributed by atoms with E-state index in [1.54, 1.807) is 14.0 Å². The number of H-pyrrole nitrogens is 1. The normalized spacial score (nSPS) is 17.4. The molecule has 1 N–H and O–H groups in total. The van der Waals surface area contributed by atoms with Crippen molar-refractivity contribution in [2.24, 2.45) is 5.92 Å². The van der Waals surface area contributed by atoms with Gasteiger partial charge in [-0.3, -0.25) is 5.10 Å². The van der Waals surface area contributed by atoms with Crippen LogP contribution in [0.2, 0.25) is 0 Å². The van der Waals surface area contributed by atoms with E-state index in [1.807, 2.05) is 6.92 Å². The van der Waals surface area contributed by atoms with Crippen molar-refractivity contribution >= 4 is 21.6 Å². The minimum atomic E-state index is -3.63. The Morgan fingerprint density at radius 1 is 1.52 bits per heavy atom. The van der Waals surface area contributed by atoms with E-state index in [1.165, 1.54) is 4.31 Å². The van der Waals surface area contributed by atoms with Gasteiger partial charge in [0, 0.05) is 19.7 Å². The van der Waals surface area contributed by atoms with Gasteiger partial charge in [-0.25, -0.2) is 8.42 Å². The first-order valence-electron chi connectivity index (χ1n) is 7.04. The third-order valence-electron chi connectivity index (χ3n) is 3.93. The van der Waals surface area contributed by atoms with Crippen molar-refractivity contribution < 1.29 is 13.2 Å². The van der Waals surface area contributed by atoms with E-state index in [4.69, 9.17) is 16.3 Å². The molecular formula is C13H22ClN3O3S. The molecule has 120 valence electrons. The fraction of sp³-hybridized carbons (Fsp3) is 0.769. The molecular weight excluding hydrogens is 314 g/mol. The third kappa shape index (κ3) is 3.41. The van der Waals surface area contributed by atoms with Gasteiger partial charge in [-0.05, 0) is 32.6 Å². The number of ether oxygens (including phenoxy) is 1. The maximum atomic E-state index is 13.0. The Balaban J connectivity index is 2.38. The predicted molar refractivity (Wildman–Crippen MR) is 80.8 cm³/mol. The van der Waals surface area contributed by atoms with E-state index in [9.17, 15) is 8.42 Å². The van der Waals surface area contributed by atoms with Gasteiger partial charge in [-0.15, -0.1) is 11.6 Å². The maximum Gasteiger partial charge on any atom is 0.247 e. The molecule has 0 aromatic carbocycles. The van der Waals surface area contributed by atoms with E-state index < -0.39 is 10.0 Å². The number of rotatable bonds is 8. The van der Waals surface area contributed by atoms with Crippen LogP contribution in [-0.4, -0.2) is 49.2 Å². The maximum absolute atomic E-state index is 13.0. The number of halogens is 1. The first kappa shape index (κ1) is 16.7. The highest BCUT2D eigenvalue weighted by Crippen LogP contribution is 2.37. The van der Waals surface area contributed by atoms with Gasteiger partial charge in [0.05, 0.1) is 23.9 Å². The highest BCUT2D eigenvalue weighted by atomic mass is 35.5. The smallest absolute Gasteiger partial charge is 0.247 e. The second-order valence-electron chi connectivity index (χ2n) is 5.44. The lowest BCUT2D eigenvalue weighted by Crippen LogP contribution is -2.42. The molecule has 1 aliphatic rings. The summed E-state index contributed by atoms with van der Waals surface area (Å²) >= 11 is 5.82. The van der Waals surface area contributed by atoms with Gasteiger partial charge in [-0.2, -0.15) is 9.40 Å². The fourth-order valence-corrected chi connectivity index (χ4v) is 4.84. The summed E-state index contributed by atoms with van der Waals surface area (Å²) < 4.78 is 32.6. The fourth-order valence-electron chi connectivity index (χ4n) is 2.56. The molecule has 1 aliphatic carbocycles. The summed E-state index contributed by atoms with van der Waals surface area (Å²) in [5, 5.41) is 6.71. The van der Waals surface area contributed by atoms with Crippen LogP contribution in [0.1, 0.15) is 31.2 Å². The Kier molecular flexibility index (Phi) is 5.29. The minimum absolute atomic E-state index is 0.0392. The molecule has 1 aromatic heterocycles. The van der Waals surface area contributed by atoms with Crippen LogP contribution < -0.4 is 0 Å². The molecule has 1 atom stereocenters. The van der Waals surface area contributed by atoms with E-state index in [0.717, 1.165) is 12.8 Å². The number of alkyl halides is 1. The molecule has 6 nitrogen and oxygen atoms in total. The van der Waals surface area contributed by atoms with Gasteiger partial charge in [0.25, 0.3) is 0 Å². The summed E-state index contributed by atoms with van der Waals surface area (Å²) in [7, 11) is -2.06. The van der Waals surface area contributed by atoms with Gasteiger partial charge in [0.1, 0.15) is 4.90 Å². The van der Waals surface area contributed by atoms with Crippen LogP contribution in [0.5, 0.6) is 0 Å². The van der Waals surface area contributed by atoms with Crippen molar-refractivity contribution in [1.29, 1.82) is 0 Å². The van der Waals surface area contributed by atoms with Crippen molar-refractivity contribution in [3.63, 3.8) is 0 Å². The van der Waals surface area contributed by atoms with Gasteiger partial charge in [-0.1, -0.05) is 0 Å². The van der Waals surface area contributed by atoms with Crippen LogP contribution >= 0.6 is 11.6 Å². The lowest BCUT2D eigenvalue weighted by atomic mass is 10.2. The summed E-state index contributed by atoms with van der Waals surface area (Å²) in [6, 6.07) is -0.0392. The van der Waals surface area contributed by atoms with Gasteiger partial charge < -0.3 is 4.74 Å². The quantitative estimate of drug-likeness (QED) is 0.736. The van der Waals surface area contributed by atoms with E-state index in [2.05, 4.69) is 10.2 Å². The van der Waals surface area contributed by atoms with Crippen LogP contribution in [0, 0.1) is 12.8 Å².